The second-order valence-electron chi connectivity index (χ2n) is 13.6. The molecule has 0 radical (unpaired) electrons. The highest BCUT2D eigenvalue weighted by Crippen LogP contribution is 2.48. The van der Waals surface area contributed by atoms with Gasteiger partial charge in [-0.1, -0.05) is 45.9 Å². The minimum absolute atomic E-state index is 0.108. The van der Waals surface area contributed by atoms with E-state index in [1.54, 1.807) is 4.90 Å². The number of hydrogen-bond acceptors (Lipinski definition) is 6. The summed E-state index contributed by atoms with van der Waals surface area (Å²) < 4.78 is 6.43. The predicted octanol–water partition coefficient (Wildman–Crippen LogP) is 2.43. The maximum atomic E-state index is 14.4. The number of aromatic amines is 1. The third kappa shape index (κ3) is 3.70. The first kappa shape index (κ1) is 27.6. The van der Waals surface area contributed by atoms with Gasteiger partial charge < -0.3 is 20.3 Å². The third-order valence-electron chi connectivity index (χ3n) is 10.2. The van der Waals surface area contributed by atoms with Crippen molar-refractivity contribution in [1.29, 1.82) is 0 Å². The molecular weight excluding hydrogens is 534 g/mol. The topological polar surface area (TPSA) is 118 Å². The van der Waals surface area contributed by atoms with E-state index < -0.39 is 41.5 Å². The molecule has 4 aliphatic heterocycles. The van der Waals surface area contributed by atoms with E-state index in [0.717, 1.165) is 29.5 Å². The van der Waals surface area contributed by atoms with Gasteiger partial charge in [-0.2, -0.15) is 0 Å². The van der Waals surface area contributed by atoms with E-state index in [9.17, 15) is 19.5 Å². The summed E-state index contributed by atoms with van der Waals surface area (Å²) in [5, 5.41) is 16.3. The minimum atomic E-state index is -2.00. The lowest BCUT2D eigenvalue weighted by Crippen LogP contribution is -2.71. The normalized spacial score (nSPS) is 34.2. The van der Waals surface area contributed by atoms with E-state index in [-0.39, 0.29) is 23.8 Å². The van der Waals surface area contributed by atoms with Gasteiger partial charge in [0.25, 0.3) is 11.8 Å². The van der Waals surface area contributed by atoms with Crippen LogP contribution >= 0.6 is 0 Å². The van der Waals surface area contributed by atoms with Crippen LogP contribution in [-0.2, 0) is 25.5 Å². The number of carbonyl (C=O) groups is 3. The van der Waals surface area contributed by atoms with Crippen LogP contribution in [0.1, 0.15) is 58.1 Å². The quantitative estimate of drug-likeness (QED) is 0.504. The number of nitrogens with one attached hydrogen (secondary N) is 2. The number of benzene rings is 1. The number of likely N-dealkylation sites (N-methyl/N-ethyl adjacent to an activating group) is 1. The maximum Gasteiger partial charge on any atom is 0.281 e. The highest BCUT2D eigenvalue weighted by atomic mass is 16.7. The van der Waals surface area contributed by atoms with Gasteiger partial charge in [0, 0.05) is 42.1 Å². The molecule has 0 saturated carbocycles. The van der Waals surface area contributed by atoms with Crippen molar-refractivity contribution in [3.63, 3.8) is 0 Å². The van der Waals surface area contributed by atoms with Crippen LogP contribution in [0.25, 0.3) is 16.5 Å². The number of fused-ring (bicyclic) bond motifs is 5. The molecule has 3 saturated heterocycles. The van der Waals surface area contributed by atoms with Gasteiger partial charge in [0.2, 0.25) is 17.5 Å². The van der Waals surface area contributed by atoms with Crippen molar-refractivity contribution in [1.82, 2.24) is 25.0 Å². The molecule has 2 aromatic rings. The summed E-state index contributed by atoms with van der Waals surface area (Å²) in [7, 11) is 2.03. The van der Waals surface area contributed by atoms with Gasteiger partial charge in [-0.3, -0.25) is 28.9 Å². The summed E-state index contributed by atoms with van der Waals surface area (Å²) in [6, 6.07) is 4.84. The standard InChI is InChI=1S/C32H41N5O5/c1-17(2)12-25-29(39)36-11-7-10-26(36)32(41)37(25)30(40)31(42-32,18(3)4)34-28(38)20-13-22-21-8-6-9-23-27(21)19(15-33-23)14-24(22)35(5)16-20/h6,8-9,13,15,17-18,20,24-26,33,41H,7,10-12,14,16H2,1-5H3,(H,34,38)/t20-,24-,25-,26+,31-,32-/m1/s1. The highest BCUT2D eigenvalue weighted by molar-refractivity contribution is 6.01. The van der Waals surface area contributed by atoms with E-state index >= 15 is 0 Å². The summed E-state index contributed by atoms with van der Waals surface area (Å²) in [5.41, 5.74) is 2.79. The fraction of sp³-hybridized carbons (Fsp3) is 0.594. The molecule has 5 aliphatic rings. The van der Waals surface area contributed by atoms with Crippen LogP contribution in [0, 0.1) is 17.8 Å². The Balaban J connectivity index is 1.24. The molecule has 0 spiro atoms. The first-order chi connectivity index (χ1) is 20.0. The lowest BCUT2D eigenvalue weighted by Gasteiger charge is -2.49. The number of hydrogen-bond donors (Lipinski definition) is 3. The van der Waals surface area contributed by atoms with Crippen LogP contribution in [-0.4, -0.2) is 92.4 Å². The van der Waals surface area contributed by atoms with Crippen LogP contribution in [0.5, 0.6) is 0 Å². The second-order valence-corrected chi connectivity index (χ2v) is 13.6. The SMILES string of the molecule is CC(C)C[C@@H]1C(=O)N2CCC[C@H]2[C@@]2(O)O[C@](NC(=O)[C@@H]3C=C4c5cccc6[nH]cc(c56)C[C@H]4N(C)C3)(C(C)C)C(=O)N12. The fourth-order valence-corrected chi connectivity index (χ4v) is 8.10. The van der Waals surface area contributed by atoms with Crippen molar-refractivity contribution in [3.8, 4) is 0 Å². The van der Waals surface area contributed by atoms with Gasteiger partial charge in [0.1, 0.15) is 12.1 Å². The molecule has 0 bridgehead atoms. The van der Waals surface area contributed by atoms with Crippen molar-refractivity contribution in [2.45, 2.75) is 83.1 Å². The van der Waals surface area contributed by atoms with E-state index in [0.29, 0.717) is 25.9 Å². The molecule has 5 heterocycles. The number of piperazine rings is 1. The Labute approximate surface area is 246 Å². The van der Waals surface area contributed by atoms with Crippen LogP contribution in [0.3, 0.4) is 0 Å². The Morgan fingerprint density at radius 3 is 2.76 bits per heavy atom. The van der Waals surface area contributed by atoms with Crippen LogP contribution in [0.2, 0.25) is 0 Å². The van der Waals surface area contributed by atoms with Gasteiger partial charge in [-0.15, -0.1) is 0 Å². The number of H-pyrrole nitrogens is 1. The number of nitrogens with zero attached hydrogens (tertiary/aromatic N) is 3. The maximum absolute atomic E-state index is 14.4. The van der Waals surface area contributed by atoms with Gasteiger partial charge in [-0.05, 0) is 61.4 Å². The summed E-state index contributed by atoms with van der Waals surface area (Å²) >= 11 is 0. The monoisotopic (exact) mass is 575 g/mol. The molecule has 3 amide bonds. The predicted molar refractivity (Wildman–Crippen MR) is 156 cm³/mol. The number of carbonyl (C=O) groups excluding carboxylic acids is 3. The smallest absolute Gasteiger partial charge is 0.281 e. The Morgan fingerprint density at radius 2 is 2.02 bits per heavy atom. The summed E-state index contributed by atoms with van der Waals surface area (Å²) in [6.45, 7) is 8.60. The molecule has 3 fully saturated rings. The first-order valence-electron chi connectivity index (χ1n) is 15.4. The van der Waals surface area contributed by atoms with Gasteiger partial charge in [-0.25, -0.2) is 0 Å². The number of amides is 3. The largest absolute Gasteiger partial charge is 0.361 e. The minimum Gasteiger partial charge on any atom is -0.361 e. The molecule has 0 unspecified atom stereocenters. The highest BCUT2D eigenvalue weighted by Gasteiger charge is 2.72. The lowest BCUT2D eigenvalue weighted by atomic mass is 9.79. The molecule has 7 rings (SSSR count). The van der Waals surface area contributed by atoms with Crippen LogP contribution in [0.15, 0.2) is 30.5 Å². The molecule has 42 heavy (non-hydrogen) atoms. The summed E-state index contributed by atoms with van der Waals surface area (Å²) in [6.07, 6.45) is 6.62. The molecule has 1 aromatic heterocycles. The van der Waals surface area contributed by atoms with Crippen molar-refractivity contribution in [2.75, 3.05) is 20.1 Å². The van der Waals surface area contributed by atoms with E-state index in [1.807, 2.05) is 46.9 Å². The molecule has 10 heteroatoms. The zero-order valence-electron chi connectivity index (χ0n) is 25.0. The van der Waals surface area contributed by atoms with Crippen molar-refractivity contribution >= 4 is 34.2 Å². The first-order valence-corrected chi connectivity index (χ1v) is 15.4. The number of aliphatic hydroxyl groups is 1. The molecule has 1 aromatic carbocycles. The Kier molecular flexibility index (Phi) is 6.18. The van der Waals surface area contributed by atoms with Gasteiger partial charge >= 0.3 is 0 Å². The van der Waals surface area contributed by atoms with E-state index in [1.165, 1.54) is 15.8 Å². The zero-order chi connectivity index (χ0) is 29.7. The Hall–Kier alpha value is -3.21. The summed E-state index contributed by atoms with van der Waals surface area (Å²) in [5.74, 6) is -3.97. The van der Waals surface area contributed by atoms with Crippen LogP contribution < -0.4 is 5.32 Å². The van der Waals surface area contributed by atoms with E-state index in [2.05, 4.69) is 33.5 Å². The van der Waals surface area contributed by atoms with Gasteiger partial charge in [0.15, 0.2) is 0 Å². The zero-order valence-corrected chi connectivity index (χ0v) is 25.0. The number of rotatable bonds is 5. The molecule has 6 atom stereocenters. The number of aromatic nitrogens is 1. The third-order valence-corrected chi connectivity index (χ3v) is 10.2. The Morgan fingerprint density at radius 1 is 1.24 bits per heavy atom. The van der Waals surface area contributed by atoms with Crippen molar-refractivity contribution in [3.05, 3.63) is 41.6 Å². The van der Waals surface area contributed by atoms with Gasteiger partial charge in [0.05, 0.1) is 5.92 Å². The molecular formula is C32H41N5O5. The average Bonchev–Trinajstić information content (AvgIpc) is 3.65. The fourth-order valence-electron chi connectivity index (χ4n) is 8.10. The van der Waals surface area contributed by atoms with Crippen molar-refractivity contribution < 1.29 is 24.2 Å². The number of ether oxygens (including phenoxy) is 1. The lowest BCUT2D eigenvalue weighted by molar-refractivity contribution is -0.322. The molecule has 1 aliphatic carbocycles. The molecule has 3 N–H and O–H groups in total. The van der Waals surface area contributed by atoms with Crippen LogP contribution in [0.4, 0.5) is 0 Å². The summed E-state index contributed by atoms with van der Waals surface area (Å²) in [4.78, 5) is 50.7. The van der Waals surface area contributed by atoms with Crippen molar-refractivity contribution in [2.24, 2.45) is 17.8 Å². The average molecular weight is 576 g/mol. The Bertz CT molecular complexity index is 1510. The molecule has 224 valence electrons. The molecule has 10 nitrogen and oxygen atoms in total. The second kappa shape index (κ2) is 9.39. The van der Waals surface area contributed by atoms with E-state index in [4.69, 9.17) is 4.74 Å².